The Morgan fingerprint density at radius 2 is 2.11 bits per heavy atom. The van der Waals surface area contributed by atoms with E-state index in [0.29, 0.717) is 19.0 Å². The van der Waals surface area contributed by atoms with E-state index in [2.05, 4.69) is 45.9 Å². The van der Waals surface area contributed by atoms with Gasteiger partial charge in [0.2, 0.25) is 0 Å². The van der Waals surface area contributed by atoms with E-state index in [0.717, 1.165) is 11.5 Å². The molecule has 1 aliphatic heterocycles. The molecule has 1 atom stereocenters. The Balaban J connectivity index is 2.03. The number of ether oxygens (including phenoxy) is 1. The molecule has 102 valence electrons. The summed E-state index contributed by atoms with van der Waals surface area (Å²) < 4.78 is 4.93. The van der Waals surface area contributed by atoms with Crippen molar-refractivity contribution in [1.29, 1.82) is 0 Å². The van der Waals surface area contributed by atoms with Crippen molar-refractivity contribution in [3.05, 3.63) is 17.7 Å². The van der Waals surface area contributed by atoms with Crippen molar-refractivity contribution in [2.45, 2.75) is 39.5 Å². The number of hydrogen-bond donors (Lipinski definition) is 0. The molecule has 1 aliphatic rings. The van der Waals surface area contributed by atoms with Crippen LogP contribution in [0, 0.1) is 5.92 Å². The molecule has 2 heterocycles. The highest BCUT2D eigenvalue weighted by molar-refractivity contribution is 5.90. The van der Waals surface area contributed by atoms with Gasteiger partial charge in [0.25, 0.3) is 0 Å². The minimum absolute atomic E-state index is 0.0285. The standard InChI is InChI=1S/C13H19N5O/c1-9(12-15-7-19-8-16-12)5-11-14-6-10(17-18-11)13(2,3)4/h6-7,9H,5,8H2,1-4H3. The van der Waals surface area contributed by atoms with Crippen LogP contribution in [0.15, 0.2) is 16.2 Å². The number of nitrogens with zero attached hydrogens (tertiary/aromatic N) is 5. The third-order valence-electron chi connectivity index (χ3n) is 2.87. The van der Waals surface area contributed by atoms with Crippen LogP contribution in [0.3, 0.4) is 0 Å². The van der Waals surface area contributed by atoms with E-state index >= 15 is 0 Å². The van der Waals surface area contributed by atoms with Crippen LogP contribution in [-0.2, 0) is 16.6 Å². The van der Waals surface area contributed by atoms with Gasteiger partial charge in [-0.2, -0.15) is 5.10 Å². The molecule has 0 spiro atoms. The largest absolute Gasteiger partial charge is 0.461 e. The SMILES string of the molecule is CC(Cc1ncc(C(C)(C)C)nn1)C1=NCOC=N1. The maximum atomic E-state index is 4.93. The smallest absolute Gasteiger partial charge is 0.182 e. The summed E-state index contributed by atoms with van der Waals surface area (Å²) in [5.41, 5.74) is 0.865. The molecule has 6 nitrogen and oxygen atoms in total. The van der Waals surface area contributed by atoms with E-state index in [1.165, 1.54) is 6.40 Å². The Kier molecular flexibility index (Phi) is 3.87. The molecule has 0 aliphatic carbocycles. The lowest BCUT2D eigenvalue weighted by Gasteiger charge is -2.16. The summed E-state index contributed by atoms with van der Waals surface area (Å²) >= 11 is 0. The molecule has 1 aromatic rings. The van der Waals surface area contributed by atoms with Crippen LogP contribution in [0.2, 0.25) is 0 Å². The Bertz CT molecular complexity index is 487. The van der Waals surface area contributed by atoms with Gasteiger partial charge in [-0.05, 0) is 0 Å². The van der Waals surface area contributed by atoms with Crippen LogP contribution in [0.1, 0.15) is 39.2 Å². The quantitative estimate of drug-likeness (QED) is 0.831. The van der Waals surface area contributed by atoms with E-state index in [1.807, 2.05) is 6.92 Å². The highest BCUT2D eigenvalue weighted by Gasteiger charge is 2.18. The summed E-state index contributed by atoms with van der Waals surface area (Å²) in [6, 6.07) is 0. The third-order valence-corrected chi connectivity index (χ3v) is 2.87. The second kappa shape index (κ2) is 5.42. The Hall–Kier alpha value is -1.85. The molecule has 0 saturated heterocycles. The molecule has 0 saturated carbocycles. The van der Waals surface area contributed by atoms with Gasteiger partial charge in [0.05, 0.1) is 11.9 Å². The molecule has 0 radical (unpaired) electrons. The topological polar surface area (TPSA) is 72.6 Å². The number of aromatic nitrogens is 3. The molecule has 0 N–H and O–H groups in total. The van der Waals surface area contributed by atoms with Gasteiger partial charge in [-0.1, -0.05) is 27.7 Å². The zero-order valence-corrected chi connectivity index (χ0v) is 11.8. The minimum Gasteiger partial charge on any atom is -0.461 e. The first-order valence-corrected chi connectivity index (χ1v) is 6.34. The molecular formula is C13H19N5O. The number of amidine groups is 1. The average molecular weight is 261 g/mol. The fourth-order valence-electron chi connectivity index (χ4n) is 1.65. The van der Waals surface area contributed by atoms with Crippen LogP contribution >= 0.6 is 0 Å². The molecule has 0 amide bonds. The van der Waals surface area contributed by atoms with E-state index in [-0.39, 0.29) is 11.3 Å². The van der Waals surface area contributed by atoms with Crippen molar-refractivity contribution in [1.82, 2.24) is 15.2 Å². The van der Waals surface area contributed by atoms with E-state index in [9.17, 15) is 0 Å². The first-order valence-electron chi connectivity index (χ1n) is 6.34. The van der Waals surface area contributed by atoms with Crippen LogP contribution in [0.5, 0.6) is 0 Å². The molecule has 0 fully saturated rings. The second-order valence-electron chi connectivity index (χ2n) is 5.66. The predicted molar refractivity (Wildman–Crippen MR) is 73.3 cm³/mol. The van der Waals surface area contributed by atoms with Gasteiger partial charge in [0.15, 0.2) is 19.0 Å². The van der Waals surface area contributed by atoms with E-state index < -0.39 is 0 Å². The molecule has 0 bridgehead atoms. The van der Waals surface area contributed by atoms with Gasteiger partial charge in [-0.25, -0.2) is 15.0 Å². The first kappa shape index (κ1) is 13.6. The lowest BCUT2D eigenvalue weighted by atomic mass is 9.93. The van der Waals surface area contributed by atoms with Crippen molar-refractivity contribution in [3.63, 3.8) is 0 Å². The highest BCUT2D eigenvalue weighted by Crippen LogP contribution is 2.18. The Morgan fingerprint density at radius 1 is 1.32 bits per heavy atom. The minimum atomic E-state index is -0.0285. The van der Waals surface area contributed by atoms with Crippen molar-refractivity contribution in [2.24, 2.45) is 15.9 Å². The first-order chi connectivity index (χ1) is 8.97. The lowest BCUT2D eigenvalue weighted by Crippen LogP contribution is -2.19. The van der Waals surface area contributed by atoms with Crippen LogP contribution < -0.4 is 0 Å². The third kappa shape index (κ3) is 3.56. The van der Waals surface area contributed by atoms with Gasteiger partial charge < -0.3 is 4.74 Å². The molecule has 1 unspecified atom stereocenters. The molecule has 19 heavy (non-hydrogen) atoms. The molecular weight excluding hydrogens is 242 g/mol. The van der Waals surface area contributed by atoms with Gasteiger partial charge >= 0.3 is 0 Å². The van der Waals surface area contributed by atoms with Gasteiger partial charge in [0, 0.05) is 17.8 Å². The zero-order valence-electron chi connectivity index (χ0n) is 11.8. The maximum absolute atomic E-state index is 4.93. The number of hydrogen-bond acceptors (Lipinski definition) is 6. The summed E-state index contributed by atoms with van der Waals surface area (Å²) in [6.07, 6.45) is 3.90. The summed E-state index contributed by atoms with van der Waals surface area (Å²) in [5.74, 6) is 1.64. The predicted octanol–water partition coefficient (Wildman–Crippen LogP) is 1.76. The number of aliphatic imine (C=N–C) groups is 2. The summed E-state index contributed by atoms with van der Waals surface area (Å²) in [6.45, 7) is 8.65. The lowest BCUT2D eigenvalue weighted by molar-refractivity contribution is 0.327. The molecule has 6 heteroatoms. The van der Waals surface area contributed by atoms with Crippen molar-refractivity contribution in [2.75, 3.05) is 6.73 Å². The Labute approximate surface area is 113 Å². The van der Waals surface area contributed by atoms with Gasteiger partial charge in [-0.3, -0.25) is 0 Å². The van der Waals surface area contributed by atoms with Crippen molar-refractivity contribution in [3.8, 4) is 0 Å². The maximum Gasteiger partial charge on any atom is 0.182 e. The molecule has 2 rings (SSSR count). The fraction of sp³-hybridized carbons (Fsp3) is 0.615. The molecule has 1 aromatic heterocycles. The summed E-state index contributed by atoms with van der Waals surface area (Å²) in [7, 11) is 0. The highest BCUT2D eigenvalue weighted by atomic mass is 16.5. The van der Waals surface area contributed by atoms with Gasteiger partial charge in [0.1, 0.15) is 5.84 Å². The monoisotopic (exact) mass is 261 g/mol. The van der Waals surface area contributed by atoms with E-state index in [4.69, 9.17) is 4.74 Å². The van der Waals surface area contributed by atoms with E-state index in [1.54, 1.807) is 6.20 Å². The van der Waals surface area contributed by atoms with Gasteiger partial charge in [-0.15, -0.1) is 5.10 Å². The van der Waals surface area contributed by atoms with Crippen molar-refractivity contribution < 1.29 is 4.74 Å². The van der Waals surface area contributed by atoms with Crippen LogP contribution in [0.4, 0.5) is 0 Å². The fourth-order valence-corrected chi connectivity index (χ4v) is 1.65. The normalized spacial score (nSPS) is 16.7. The Morgan fingerprint density at radius 3 is 2.63 bits per heavy atom. The molecule has 0 aromatic carbocycles. The second-order valence-corrected chi connectivity index (χ2v) is 5.66. The summed E-state index contributed by atoms with van der Waals surface area (Å²) in [5, 5.41) is 8.41. The van der Waals surface area contributed by atoms with Crippen molar-refractivity contribution >= 4 is 12.2 Å². The average Bonchev–Trinajstić information content (AvgIpc) is 2.39. The summed E-state index contributed by atoms with van der Waals surface area (Å²) in [4.78, 5) is 12.7. The number of rotatable bonds is 3. The zero-order chi connectivity index (χ0) is 13.9. The van der Waals surface area contributed by atoms with Crippen LogP contribution in [-0.4, -0.2) is 34.1 Å². The van der Waals surface area contributed by atoms with Crippen LogP contribution in [0.25, 0.3) is 0 Å².